The molecule has 0 spiro atoms. The maximum absolute atomic E-state index is 15.3. The first-order chi connectivity index (χ1) is 21.9. The Bertz CT molecular complexity index is 2060. The van der Waals surface area contributed by atoms with Crippen LogP contribution in [0, 0.1) is 5.82 Å². The second kappa shape index (κ2) is 12.6. The van der Waals surface area contributed by atoms with Gasteiger partial charge < -0.3 is 15.3 Å². The van der Waals surface area contributed by atoms with Crippen LogP contribution >= 0.6 is 0 Å². The molecule has 3 heterocycles. The number of hydrogen-bond acceptors (Lipinski definition) is 8. The fourth-order valence-electron chi connectivity index (χ4n) is 5.27. The standard InChI is InChI=1S/C34H36FN7O4/c1-7-41(8-2)31(44)20-12-13-29(36-17-20)38-27-16-26(39-40(6)32(27)45)23-10-9-11-28(24(23)19-43)42-33(46)30-21(18-37-42)14-22(15-25(30)35)34(3,4)5/h9-18,43H,7-8,19H2,1-6H3,(H,36,38). The van der Waals surface area contributed by atoms with E-state index in [-0.39, 0.29) is 28.1 Å². The summed E-state index contributed by atoms with van der Waals surface area (Å²) in [5.74, 6) is -0.454. The highest BCUT2D eigenvalue weighted by Crippen LogP contribution is 2.30. The average Bonchev–Trinajstić information content (AvgIpc) is 3.03. The van der Waals surface area contributed by atoms with E-state index < -0.39 is 23.5 Å². The van der Waals surface area contributed by atoms with Crippen molar-refractivity contribution in [3.63, 3.8) is 0 Å². The third-order valence-electron chi connectivity index (χ3n) is 7.91. The summed E-state index contributed by atoms with van der Waals surface area (Å²) in [6, 6.07) is 12.8. The number of carbonyl (C=O) groups excluding carboxylic acids is 1. The van der Waals surface area contributed by atoms with Crippen LogP contribution in [0.4, 0.5) is 15.9 Å². The van der Waals surface area contributed by atoms with Gasteiger partial charge in [-0.05, 0) is 61.2 Å². The molecule has 0 bridgehead atoms. The number of rotatable bonds is 8. The van der Waals surface area contributed by atoms with Crippen LogP contribution in [0.3, 0.4) is 0 Å². The molecule has 1 amide bonds. The Kier molecular flexibility index (Phi) is 8.84. The highest BCUT2D eigenvalue weighted by Gasteiger charge is 2.21. The Labute approximate surface area is 265 Å². The molecule has 0 saturated carbocycles. The van der Waals surface area contributed by atoms with Gasteiger partial charge in [0, 0.05) is 42.8 Å². The van der Waals surface area contributed by atoms with Crippen molar-refractivity contribution in [1.29, 1.82) is 0 Å². The van der Waals surface area contributed by atoms with E-state index in [1.54, 1.807) is 41.3 Å². The minimum Gasteiger partial charge on any atom is -0.392 e. The molecule has 0 fully saturated rings. The van der Waals surface area contributed by atoms with Crippen molar-refractivity contribution in [3.05, 3.63) is 104 Å². The number of carbonyl (C=O) groups is 1. The summed E-state index contributed by atoms with van der Waals surface area (Å²) >= 11 is 0. The number of aliphatic hydroxyl groups is 1. The van der Waals surface area contributed by atoms with E-state index in [1.165, 1.54) is 31.6 Å². The van der Waals surface area contributed by atoms with E-state index in [9.17, 15) is 19.5 Å². The molecule has 2 N–H and O–H groups in total. The number of aliphatic hydroxyl groups excluding tert-OH is 1. The highest BCUT2D eigenvalue weighted by molar-refractivity contribution is 5.94. The van der Waals surface area contributed by atoms with E-state index in [0.717, 1.165) is 14.9 Å². The molecule has 5 aromatic rings. The smallest absolute Gasteiger partial charge is 0.290 e. The van der Waals surface area contributed by atoms with Crippen molar-refractivity contribution in [1.82, 2.24) is 29.4 Å². The number of halogens is 1. The van der Waals surface area contributed by atoms with Crippen LogP contribution in [0.5, 0.6) is 0 Å². The predicted molar refractivity (Wildman–Crippen MR) is 175 cm³/mol. The molecule has 0 radical (unpaired) electrons. The Morgan fingerprint density at radius 2 is 1.76 bits per heavy atom. The summed E-state index contributed by atoms with van der Waals surface area (Å²) in [6.07, 6.45) is 2.88. The van der Waals surface area contributed by atoms with Crippen molar-refractivity contribution < 1.29 is 14.3 Å². The Balaban J connectivity index is 1.55. The van der Waals surface area contributed by atoms with Gasteiger partial charge in [-0.25, -0.2) is 14.1 Å². The van der Waals surface area contributed by atoms with Crippen LogP contribution in [0.1, 0.15) is 56.1 Å². The summed E-state index contributed by atoms with van der Waals surface area (Å²) in [6.45, 7) is 10.3. The number of pyridine rings is 1. The largest absolute Gasteiger partial charge is 0.392 e. The average molecular weight is 626 g/mol. The molecular formula is C34H36FN7O4. The first-order valence-electron chi connectivity index (χ1n) is 14.9. The molecule has 12 heteroatoms. The van der Waals surface area contributed by atoms with E-state index in [2.05, 4.69) is 20.5 Å². The summed E-state index contributed by atoms with van der Waals surface area (Å²) in [5.41, 5.74) is 1.16. The summed E-state index contributed by atoms with van der Waals surface area (Å²) in [4.78, 5) is 45.3. The van der Waals surface area contributed by atoms with E-state index >= 15 is 4.39 Å². The molecule has 5 rings (SSSR count). The topological polar surface area (TPSA) is 135 Å². The van der Waals surface area contributed by atoms with E-state index in [4.69, 9.17) is 0 Å². The third kappa shape index (κ3) is 6.03. The lowest BCUT2D eigenvalue weighted by atomic mass is 9.86. The van der Waals surface area contributed by atoms with Crippen molar-refractivity contribution in [3.8, 4) is 16.9 Å². The monoisotopic (exact) mass is 625 g/mol. The summed E-state index contributed by atoms with van der Waals surface area (Å²) < 4.78 is 17.5. The Hall–Kier alpha value is -5.23. The Morgan fingerprint density at radius 3 is 2.39 bits per heavy atom. The van der Waals surface area contributed by atoms with Crippen LogP contribution in [-0.2, 0) is 19.1 Å². The van der Waals surface area contributed by atoms with Crippen molar-refractivity contribution >= 4 is 28.2 Å². The molecule has 11 nitrogen and oxygen atoms in total. The third-order valence-corrected chi connectivity index (χ3v) is 7.91. The van der Waals surface area contributed by atoms with Crippen LogP contribution in [-0.4, -0.2) is 53.5 Å². The number of anilines is 2. The first-order valence-corrected chi connectivity index (χ1v) is 14.9. The van der Waals surface area contributed by atoms with Crippen molar-refractivity contribution in [2.24, 2.45) is 7.05 Å². The fraction of sp³-hybridized carbons (Fsp3) is 0.294. The van der Waals surface area contributed by atoms with Gasteiger partial charge in [0.25, 0.3) is 17.0 Å². The van der Waals surface area contributed by atoms with Gasteiger partial charge in [0.15, 0.2) is 0 Å². The molecule has 0 aliphatic carbocycles. The fourth-order valence-corrected chi connectivity index (χ4v) is 5.27. The van der Waals surface area contributed by atoms with Gasteiger partial charge >= 0.3 is 0 Å². The zero-order chi connectivity index (χ0) is 33.3. The normalized spacial score (nSPS) is 11.6. The maximum Gasteiger partial charge on any atom is 0.290 e. The first kappa shape index (κ1) is 32.2. The number of aromatic nitrogens is 5. The lowest BCUT2D eigenvalue weighted by Gasteiger charge is -2.20. The molecule has 0 aliphatic rings. The molecular weight excluding hydrogens is 589 g/mol. The number of fused-ring (bicyclic) bond motifs is 1. The Morgan fingerprint density at radius 1 is 1.02 bits per heavy atom. The highest BCUT2D eigenvalue weighted by atomic mass is 19.1. The molecule has 2 aromatic carbocycles. The van der Waals surface area contributed by atoms with Crippen molar-refractivity contribution in [2.45, 2.75) is 46.6 Å². The van der Waals surface area contributed by atoms with Crippen LogP contribution in [0.25, 0.3) is 27.7 Å². The minimum atomic E-state index is -0.674. The van der Waals surface area contributed by atoms with Gasteiger partial charge in [-0.15, -0.1) is 0 Å². The van der Waals surface area contributed by atoms with Crippen molar-refractivity contribution in [2.75, 3.05) is 18.4 Å². The number of hydrogen-bond donors (Lipinski definition) is 2. The predicted octanol–water partition coefficient (Wildman–Crippen LogP) is 4.70. The quantitative estimate of drug-likeness (QED) is 0.254. The second-order valence-corrected chi connectivity index (χ2v) is 11.9. The SMILES string of the molecule is CCN(CC)C(=O)c1ccc(Nc2cc(-c3cccc(-n4ncc5cc(C(C)(C)C)cc(F)c5c4=O)c3CO)nn(C)c2=O)nc1. The second-order valence-electron chi connectivity index (χ2n) is 11.9. The van der Waals surface area contributed by atoms with E-state index in [1.807, 2.05) is 34.6 Å². The zero-order valence-corrected chi connectivity index (χ0v) is 26.6. The number of aryl methyl sites for hydroxylation is 1. The maximum atomic E-state index is 15.3. The molecule has 0 atom stereocenters. The van der Waals surface area contributed by atoms with Gasteiger partial charge in [-0.2, -0.15) is 14.9 Å². The number of nitrogens with zero attached hydrogens (tertiary/aromatic N) is 6. The molecule has 0 saturated heterocycles. The van der Waals surface area contributed by atoms with Gasteiger partial charge in [0.1, 0.15) is 17.3 Å². The molecule has 238 valence electrons. The van der Waals surface area contributed by atoms with E-state index in [0.29, 0.717) is 46.7 Å². The lowest BCUT2D eigenvalue weighted by Crippen LogP contribution is -2.30. The molecule has 0 unspecified atom stereocenters. The van der Waals surface area contributed by atoms with Gasteiger partial charge in [-0.1, -0.05) is 32.9 Å². The van der Waals surface area contributed by atoms with Crippen LogP contribution in [0.2, 0.25) is 0 Å². The molecule has 0 aliphatic heterocycles. The van der Waals surface area contributed by atoms with Gasteiger partial charge in [-0.3, -0.25) is 14.4 Å². The van der Waals surface area contributed by atoms with Crippen LogP contribution in [0.15, 0.2) is 70.5 Å². The zero-order valence-electron chi connectivity index (χ0n) is 26.6. The summed E-state index contributed by atoms with van der Waals surface area (Å²) in [7, 11) is 1.49. The summed E-state index contributed by atoms with van der Waals surface area (Å²) in [5, 5.41) is 22.5. The molecule has 46 heavy (non-hydrogen) atoms. The van der Waals surface area contributed by atoms with Crippen LogP contribution < -0.4 is 16.4 Å². The minimum absolute atomic E-state index is 0.110. The lowest BCUT2D eigenvalue weighted by molar-refractivity contribution is 0.0772. The van der Waals surface area contributed by atoms with Gasteiger partial charge in [0.2, 0.25) is 0 Å². The number of amides is 1. The molecule has 3 aromatic heterocycles. The van der Waals surface area contributed by atoms with Gasteiger partial charge in [0.05, 0.1) is 35.1 Å². The number of nitrogens with one attached hydrogen (secondary N) is 1. The number of benzene rings is 2.